The van der Waals surface area contributed by atoms with Gasteiger partial charge in [-0.2, -0.15) is 0 Å². The molecule has 0 spiro atoms. The summed E-state index contributed by atoms with van der Waals surface area (Å²) in [6, 6.07) is 20.9. The number of carbonyl (C=O) groups is 1. The lowest BCUT2D eigenvalue weighted by Crippen LogP contribution is -2.19. The Labute approximate surface area is 203 Å². The number of methoxy groups -OCH3 is 1. The van der Waals surface area contributed by atoms with E-state index in [1.165, 1.54) is 11.8 Å². The molecular weight excluding hydrogens is 512 g/mol. The molecule has 1 amide bonds. The average molecular weight is 530 g/mol. The highest BCUT2D eigenvalue weighted by molar-refractivity contribution is 9.10. The van der Waals surface area contributed by atoms with Crippen molar-refractivity contribution in [2.75, 3.05) is 7.11 Å². The molecule has 1 heterocycles. The van der Waals surface area contributed by atoms with Crippen molar-refractivity contribution in [3.05, 3.63) is 92.3 Å². The van der Waals surface area contributed by atoms with Crippen molar-refractivity contribution in [3.63, 3.8) is 0 Å². The third-order valence-corrected chi connectivity index (χ3v) is 6.20. The van der Waals surface area contributed by atoms with Crippen LogP contribution in [0.25, 0.3) is 6.08 Å². The molecule has 1 saturated heterocycles. The van der Waals surface area contributed by atoms with Gasteiger partial charge in [-0.3, -0.25) is 4.79 Å². The molecule has 32 heavy (non-hydrogen) atoms. The Hall–Kier alpha value is -2.74. The monoisotopic (exact) mass is 528 g/mol. The molecule has 5 nitrogen and oxygen atoms in total. The summed E-state index contributed by atoms with van der Waals surface area (Å²) in [5.41, 5.74) is 2.50. The van der Waals surface area contributed by atoms with Gasteiger partial charge in [0.2, 0.25) is 0 Å². The number of amidine groups is 1. The zero-order valence-electron chi connectivity index (χ0n) is 17.0. The summed E-state index contributed by atoms with van der Waals surface area (Å²) in [6.45, 7) is 0.367. The smallest absolute Gasteiger partial charge is 0.264 e. The van der Waals surface area contributed by atoms with Crippen LogP contribution in [-0.4, -0.2) is 18.2 Å². The first-order valence-corrected chi connectivity index (χ1v) is 11.6. The van der Waals surface area contributed by atoms with E-state index in [0.29, 0.717) is 33.2 Å². The fourth-order valence-electron chi connectivity index (χ4n) is 2.96. The van der Waals surface area contributed by atoms with Crippen molar-refractivity contribution in [3.8, 4) is 11.5 Å². The molecular formula is C24H18BrClN2O3S. The van der Waals surface area contributed by atoms with Crippen LogP contribution in [0.4, 0.5) is 5.69 Å². The van der Waals surface area contributed by atoms with Crippen molar-refractivity contribution >= 4 is 62.1 Å². The van der Waals surface area contributed by atoms with Gasteiger partial charge >= 0.3 is 0 Å². The summed E-state index contributed by atoms with van der Waals surface area (Å²) < 4.78 is 12.3. The molecule has 8 heteroatoms. The maximum atomic E-state index is 12.4. The topological polar surface area (TPSA) is 59.9 Å². The lowest BCUT2D eigenvalue weighted by atomic mass is 10.1. The van der Waals surface area contributed by atoms with E-state index in [4.69, 9.17) is 21.1 Å². The van der Waals surface area contributed by atoms with Gasteiger partial charge in [-0.15, -0.1) is 0 Å². The van der Waals surface area contributed by atoms with Crippen molar-refractivity contribution < 1.29 is 14.3 Å². The third-order valence-electron chi connectivity index (χ3n) is 4.48. The summed E-state index contributed by atoms with van der Waals surface area (Å²) in [5, 5.41) is 3.71. The Morgan fingerprint density at radius 3 is 2.59 bits per heavy atom. The standard InChI is InChI=1S/C24H18BrClN2O3S/c1-30-20-12-16(11-19(26)22(20)31-14-15-5-3-2-4-6-15)13-21-23(29)28-24(32-21)27-18-9-7-17(25)8-10-18/h2-13H,14H2,1H3,(H,27,28,29). The lowest BCUT2D eigenvalue weighted by Gasteiger charge is -2.13. The normalized spacial score (nSPS) is 15.8. The largest absolute Gasteiger partial charge is 0.493 e. The highest BCUT2D eigenvalue weighted by Gasteiger charge is 2.24. The molecule has 0 unspecified atom stereocenters. The molecule has 1 fully saturated rings. The Bertz CT molecular complexity index is 1200. The zero-order chi connectivity index (χ0) is 22.5. The number of rotatable bonds is 6. The Morgan fingerprint density at radius 1 is 1.12 bits per heavy atom. The van der Waals surface area contributed by atoms with E-state index in [0.717, 1.165) is 21.3 Å². The molecule has 1 aliphatic rings. The van der Waals surface area contributed by atoms with Gasteiger partial charge in [-0.1, -0.05) is 57.9 Å². The van der Waals surface area contributed by atoms with E-state index in [1.54, 1.807) is 25.3 Å². The maximum Gasteiger partial charge on any atom is 0.264 e. The van der Waals surface area contributed by atoms with E-state index >= 15 is 0 Å². The number of nitrogens with zero attached hydrogens (tertiary/aromatic N) is 1. The minimum Gasteiger partial charge on any atom is -0.493 e. The summed E-state index contributed by atoms with van der Waals surface area (Å²) in [5.74, 6) is 0.735. The Kier molecular flexibility index (Phi) is 7.19. The Morgan fingerprint density at radius 2 is 1.88 bits per heavy atom. The molecule has 1 aliphatic heterocycles. The van der Waals surface area contributed by atoms with Crippen molar-refractivity contribution in [2.24, 2.45) is 4.99 Å². The van der Waals surface area contributed by atoms with Crippen molar-refractivity contribution in [2.45, 2.75) is 6.61 Å². The van der Waals surface area contributed by atoms with Gasteiger partial charge in [0.05, 0.1) is 22.7 Å². The summed E-state index contributed by atoms with van der Waals surface area (Å²) in [7, 11) is 1.55. The number of thioether (sulfide) groups is 1. The quantitative estimate of drug-likeness (QED) is 0.366. The van der Waals surface area contributed by atoms with Crippen molar-refractivity contribution in [1.82, 2.24) is 5.32 Å². The third kappa shape index (κ3) is 5.54. The number of halogens is 2. The van der Waals surface area contributed by atoms with Crippen LogP contribution in [0.5, 0.6) is 11.5 Å². The van der Waals surface area contributed by atoms with Gasteiger partial charge in [0, 0.05) is 4.47 Å². The van der Waals surface area contributed by atoms with Crippen molar-refractivity contribution in [1.29, 1.82) is 0 Å². The van der Waals surface area contributed by atoms with Crippen LogP contribution < -0.4 is 14.8 Å². The number of aliphatic imine (C=N–C) groups is 1. The van der Waals surface area contributed by atoms with E-state index in [2.05, 4.69) is 26.2 Å². The predicted octanol–water partition coefficient (Wildman–Crippen LogP) is 6.58. The average Bonchev–Trinajstić information content (AvgIpc) is 3.13. The van der Waals surface area contributed by atoms with Crippen LogP contribution in [0.3, 0.4) is 0 Å². The molecule has 1 N–H and O–H groups in total. The molecule has 0 saturated carbocycles. The van der Waals surface area contributed by atoms with Crippen LogP contribution >= 0.6 is 39.3 Å². The van der Waals surface area contributed by atoms with E-state index in [-0.39, 0.29) is 5.91 Å². The molecule has 3 aromatic rings. The zero-order valence-corrected chi connectivity index (χ0v) is 20.1. The first-order chi connectivity index (χ1) is 15.5. The Balaban J connectivity index is 1.53. The molecule has 0 radical (unpaired) electrons. The fraction of sp³-hybridized carbons (Fsp3) is 0.0833. The van der Waals surface area contributed by atoms with Crippen LogP contribution in [0.15, 0.2) is 81.1 Å². The lowest BCUT2D eigenvalue weighted by molar-refractivity contribution is -0.115. The summed E-state index contributed by atoms with van der Waals surface area (Å²) in [6.07, 6.45) is 1.75. The highest BCUT2D eigenvalue weighted by atomic mass is 79.9. The van der Waals surface area contributed by atoms with Gasteiger partial charge in [0.1, 0.15) is 6.61 Å². The maximum absolute atomic E-state index is 12.4. The number of ether oxygens (including phenoxy) is 2. The predicted molar refractivity (Wildman–Crippen MR) is 134 cm³/mol. The van der Waals surface area contributed by atoms with Crippen LogP contribution in [0.1, 0.15) is 11.1 Å². The molecule has 0 bridgehead atoms. The first kappa shape index (κ1) is 22.5. The van der Waals surface area contributed by atoms with Crippen LogP contribution in [-0.2, 0) is 11.4 Å². The van der Waals surface area contributed by atoms with E-state index in [9.17, 15) is 4.79 Å². The second-order valence-corrected chi connectivity index (χ2v) is 9.12. The van der Waals surface area contributed by atoms with Crippen LogP contribution in [0, 0.1) is 0 Å². The molecule has 0 aliphatic carbocycles. The molecule has 162 valence electrons. The fourth-order valence-corrected chi connectivity index (χ4v) is 4.34. The molecule has 0 aromatic heterocycles. The summed E-state index contributed by atoms with van der Waals surface area (Å²) in [4.78, 5) is 17.4. The number of nitrogens with one attached hydrogen (secondary N) is 1. The van der Waals surface area contributed by atoms with E-state index in [1.807, 2.05) is 54.6 Å². The second-order valence-electron chi connectivity index (χ2n) is 6.77. The van der Waals surface area contributed by atoms with Gasteiger partial charge < -0.3 is 14.8 Å². The number of hydrogen-bond donors (Lipinski definition) is 1. The molecule has 0 atom stereocenters. The molecule has 3 aromatic carbocycles. The number of amides is 1. The van der Waals surface area contributed by atoms with Gasteiger partial charge in [0.25, 0.3) is 5.91 Å². The first-order valence-electron chi connectivity index (χ1n) is 9.61. The SMILES string of the molecule is COc1cc(C=C2SC(=Nc3ccc(Br)cc3)NC2=O)cc(Cl)c1OCc1ccccc1. The van der Waals surface area contributed by atoms with Gasteiger partial charge in [-0.25, -0.2) is 4.99 Å². The number of hydrogen-bond acceptors (Lipinski definition) is 5. The number of benzene rings is 3. The minimum atomic E-state index is -0.217. The number of carbonyl (C=O) groups excluding carboxylic acids is 1. The van der Waals surface area contributed by atoms with Crippen LogP contribution in [0.2, 0.25) is 5.02 Å². The van der Waals surface area contributed by atoms with E-state index < -0.39 is 0 Å². The molecule has 4 rings (SSSR count). The highest BCUT2D eigenvalue weighted by Crippen LogP contribution is 2.38. The second kappa shape index (κ2) is 10.3. The minimum absolute atomic E-state index is 0.217. The van der Waals surface area contributed by atoms with Gasteiger partial charge in [0.15, 0.2) is 16.7 Å². The van der Waals surface area contributed by atoms with Gasteiger partial charge in [-0.05, 0) is 65.4 Å². The summed E-state index contributed by atoms with van der Waals surface area (Å²) >= 11 is 11.1.